The summed E-state index contributed by atoms with van der Waals surface area (Å²) < 4.78 is 0. The van der Waals surface area contributed by atoms with Gasteiger partial charge in [-0.3, -0.25) is 4.98 Å². The normalized spacial score (nSPS) is 10.9. The van der Waals surface area contributed by atoms with Crippen LogP contribution < -0.4 is 0 Å². The zero-order chi connectivity index (χ0) is 14.1. The van der Waals surface area contributed by atoms with E-state index in [1.165, 1.54) is 0 Å². The summed E-state index contributed by atoms with van der Waals surface area (Å²) >= 11 is 7.55. The third kappa shape index (κ3) is 2.76. The Balaban J connectivity index is 2.06. The van der Waals surface area contributed by atoms with E-state index in [1.807, 2.05) is 44.2 Å². The van der Waals surface area contributed by atoms with Gasteiger partial charge in [0.05, 0.1) is 5.52 Å². The summed E-state index contributed by atoms with van der Waals surface area (Å²) in [4.78, 5) is 14.3. The molecule has 3 aromatic rings. The second-order valence-corrected chi connectivity index (χ2v) is 5.95. The lowest BCUT2D eigenvalue weighted by atomic mass is 10.2. The van der Waals surface area contributed by atoms with Crippen molar-refractivity contribution < 1.29 is 0 Å². The fourth-order valence-electron chi connectivity index (χ4n) is 2.02. The first-order valence-corrected chi connectivity index (χ1v) is 7.36. The lowest BCUT2D eigenvalue weighted by molar-refractivity contribution is 0.902. The van der Waals surface area contributed by atoms with Crippen molar-refractivity contribution in [2.75, 3.05) is 0 Å². The molecule has 0 amide bonds. The number of aromatic nitrogens is 3. The van der Waals surface area contributed by atoms with Gasteiger partial charge in [0.15, 0.2) is 5.16 Å². The highest BCUT2D eigenvalue weighted by atomic mass is 35.5. The number of fused-ring (bicyclic) bond motifs is 1. The molecule has 0 aliphatic heterocycles. The van der Waals surface area contributed by atoms with Crippen LogP contribution in [0.1, 0.15) is 11.4 Å². The van der Waals surface area contributed by atoms with Gasteiger partial charge < -0.3 is 0 Å². The Bertz CT molecular complexity index is 769. The molecule has 20 heavy (non-hydrogen) atoms. The fourth-order valence-corrected chi connectivity index (χ4v) is 3.18. The summed E-state index contributed by atoms with van der Waals surface area (Å²) in [6, 6.07) is 9.66. The van der Waals surface area contributed by atoms with E-state index < -0.39 is 0 Å². The molecule has 0 radical (unpaired) electrons. The number of rotatable bonds is 2. The Hall–Kier alpha value is -1.65. The molecule has 0 atom stereocenters. The van der Waals surface area contributed by atoms with Gasteiger partial charge in [-0.05, 0) is 49.9 Å². The third-order valence-corrected chi connectivity index (χ3v) is 4.00. The van der Waals surface area contributed by atoms with Crippen molar-refractivity contribution in [3.8, 4) is 0 Å². The monoisotopic (exact) mass is 301 g/mol. The van der Waals surface area contributed by atoms with Gasteiger partial charge in [-0.15, -0.1) is 0 Å². The molecule has 1 aromatic carbocycles. The molecule has 0 N–H and O–H groups in total. The van der Waals surface area contributed by atoms with E-state index in [-0.39, 0.29) is 0 Å². The van der Waals surface area contributed by atoms with Gasteiger partial charge in [-0.2, -0.15) is 0 Å². The van der Waals surface area contributed by atoms with Crippen molar-refractivity contribution in [3.05, 3.63) is 52.9 Å². The summed E-state index contributed by atoms with van der Waals surface area (Å²) in [5, 5.41) is 2.50. The number of nitrogens with zero attached hydrogens (tertiary/aromatic N) is 3. The van der Waals surface area contributed by atoms with Gasteiger partial charge in [0, 0.05) is 32.9 Å². The molecule has 2 aromatic heterocycles. The van der Waals surface area contributed by atoms with Crippen LogP contribution in [-0.2, 0) is 0 Å². The molecule has 2 heterocycles. The Morgan fingerprint density at radius 3 is 2.50 bits per heavy atom. The van der Waals surface area contributed by atoms with Crippen molar-refractivity contribution >= 4 is 34.3 Å². The van der Waals surface area contributed by atoms with Crippen molar-refractivity contribution in [1.82, 2.24) is 15.0 Å². The van der Waals surface area contributed by atoms with Crippen LogP contribution in [-0.4, -0.2) is 15.0 Å². The standard InChI is InChI=1S/C15H12ClN3S/c1-9-7-10(2)19-15(18-9)20-14-5-6-17-13-8-11(16)3-4-12(13)14/h3-8H,1-2H3. The molecule has 100 valence electrons. The summed E-state index contributed by atoms with van der Waals surface area (Å²) in [7, 11) is 0. The maximum atomic E-state index is 6.00. The number of pyridine rings is 1. The zero-order valence-corrected chi connectivity index (χ0v) is 12.7. The van der Waals surface area contributed by atoms with E-state index >= 15 is 0 Å². The number of aryl methyl sites for hydroxylation is 2. The van der Waals surface area contributed by atoms with E-state index in [9.17, 15) is 0 Å². The highest BCUT2D eigenvalue weighted by Crippen LogP contribution is 2.31. The third-order valence-electron chi connectivity index (χ3n) is 2.83. The molecule has 0 saturated heterocycles. The number of hydrogen-bond acceptors (Lipinski definition) is 4. The first kappa shape index (κ1) is 13.3. The molecule has 0 aliphatic carbocycles. The molecular formula is C15H12ClN3S. The first-order chi connectivity index (χ1) is 9.61. The molecular weight excluding hydrogens is 290 g/mol. The largest absolute Gasteiger partial charge is 0.256 e. The molecule has 3 rings (SSSR count). The van der Waals surface area contributed by atoms with Gasteiger partial charge in [-0.25, -0.2) is 9.97 Å². The predicted octanol–water partition coefficient (Wildman–Crippen LogP) is 4.45. The number of benzene rings is 1. The Morgan fingerprint density at radius 2 is 1.75 bits per heavy atom. The van der Waals surface area contributed by atoms with Crippen LogP contribution in [0.25, 0.3) is 10.9 Å². The average molecular weight is 302 g/mol. The van der Waals surface area contributed by atoms with Gasteiger partial charge in [0.25, 0.3) is 0 Å². The second kappa shape index (κ2) is 5.38. The summed E-state index contributed by atoms with van der Waals surface area (Å²) in [5.74, 6) is 0. The van der Waals surface area contributed by atoms with E-state index in [2.05, 4.69) is 15.0 Å². The number of halogens is 1. The maximum Gasteiger partial charge on any atom is 0.192 e. The van der Waals surface area contributed by atoms with E-state index in [4.69, 9.17) is 11.6 Å². The van der Waals surface area contributed by atoms with Crippen molar-refractivity contribution in [3.63, 3.8) is 0 Å². The molecule has 0 aliphatic rings. The fraction of sp³-hybridized carbons (Fsp3) is 0.133. The number of hydrogen-bond donors (Lipinski definition) is 0. The maximum absolute atomic E-state index is 6.00. The van der Waals surface area contributed by atoms with E-state index in [0.717, 1.165) is 32.3 Å². The predicted molar refractivity (Wildman–Crippen MR) is 82.4 cm³/mol. The smallest absolute Gasteiger partial charge is 0.192 e. The van der Waals surface area contributed by atoms with Crippen molar-refractivity contribution in [2.45, 2.75) is 23.9 Å². The van der Waals surface area contributed by atoms with Gasteiger partial charge >= 0.3 is 0 Å². The van der Waals surface area contributed by atoms with Crippen LogP contribution in [0.5, 0.6) is 0 Å². The second-order valence-electron chi connectivity index (χ2n) is 4.51. The minimum Gasteiger partial charge on any atom is -0.256 e. The Morgan fingerprint density at radius 1 is 1.00 bits per heavy atom. The van der Waals surface area contributed by atoms with Gasteiger partial charge in [0.1, 0.15) is 0 Å². The van der Waals surface area contributed by atoms with E-state index in [1.54, 1.807) is 18.0 Å². The average Bonchev–Trinajstić information content (AvgIpc) is 2.37. The van der Waals surface area contributed by atoms with Crippen LogP contribution in [0, 0.1) is 13.8 Å². The lowest BCUT2D eigenvalue weighted by Crippen LogP contribution is -1.93. The van der Waals surface area contributed by atoms with Gasteiger partial charge in [0.2, 0.25) is 0 Å². The van der Waals surface area contributed by atoms with E-state index in [0.29, 0.717) is 5.02 Å². The molecule has 0 fully saturated rings. The Labute approximate surface area is 126 Å². The van der Waals surface area contributed by atoms with Crippen molar-refractivity contribution in [1.29, 1.82) is 0 Å². The SMILES string of the molecule is Cc1cc(C)nc(Sc2ccnc3cc(Cl)ccc23)n1. The zero-order valence-electron chi connectivity index (χ0n) is 11.1. The van der Waals surface area contributed by atoms with Crippen LogP contribution in [0.15, 0.2) is 46.6 Å². The van der Waals surface area contributed by atoms with Crippen LogP contribution >= 0.6 is 23.4 Å². The van der Waals surface area contributed by atoms with Crippen LogP contribution in [0.3, 0.4) is 0 Å². The Kier molecular flexibility index (Phi) is 3.59. The minimum atomic E-state index is 0.690. The molecule has 5 heteroatoms. The molecule has 0 unspecified atom stereocenters. The quantitative estimate of drug-likeness (QED) is 0.656. The summed E-state index contributed by atoms with van der Waals surface area (Å²) in [5.41, 5.74) is 2.83. The highest BCUT2D eigenvalue weighted by molar-refractivity contribution is 7.99. The van der Waals surface area contributed by atoms with Crippen LogP contribution in [0.2, 0.25) is 5.02 Å². The van der Waals surface area contributed by atoms with Crippen molar-refractivity contribution in [2.24, 2.45) is 0 Å². The summed E-state index contributed by atoms with van der Waals surface area (Å²) in [6.45, 7) is 3.95. The summed E-state index contributed by atoms with van der Waals surface area (Å²) in [6.07, 6.45) is 1.78. The topological polar surface area (TPSA) is 38.7 Å². The van der Waals surface area contributed by atoms with Crippen LogP contribution in [0.4, 0.5) is 0 Å². The molecule has 0 spiro atoms. The molecule has 0 bridgehead atoms. The minimum absolute atomic E-state index is 0.690. The van der Waals surface area contributed by atoms with Gasteiger partial charge in [-0.1, -0.05) is 17.7 Å². The lowest BCUT2D eigenvalue weighted by Gasteiger charge is -2.06. The molecule has 3 nitrogen and oxygen atoms in total. The first-order valence-electron chi connectivity index (χ1n) is 6.16. The highest BCUT2D eigenvalue weighted by Gasteiger charge is 2.07. The molecule has 0 saturated carbocycles.